The van der Waals surface area contributed by atoms with E-state index in [1.165, 1.54) is 44.9 Å². The van der Waals surface area contributed by atoms with E-state index in [2.05, 4.69) is 74.8 Å². The van der Waals surface area contributed by atoms with Crippen molar-refractivity contribution in [2.24, 2.45) is 0 Å². The van der Waals surface area contributed by atoms with Crippen molar-refractivity contribution in [1.29, 1.82) is 0 Å². The molecule has 1 aliphatic rings. The van der Waals surface area contributed by atoms with E-state index in [0.29, 0.717) is 5.92 Å². The number of halogens is 1. The standard InChI is InChI=1S/C18H17IN2/c19-16-9-8-14-11-20-21(18(14)10-16)12-15-6-3-5-13-4-1-2-7-17(13)15/h1-2,4,7-11,15H,3,5-6,12H2. The van der Waals surface area contributed by atoms with Crippen LogP contribution in [0.3, 0.4) is 0 Å². The number of rotatable bonds is 2. The van der Waals surface area contributed by atoms with Gasteiger partial charge in [-0.05, 0) is 65.1 Å². The van der Waals surface area contributed by atoms with Crippen molar-refractivity contribution in [3.63, 3.8) is 0 Å². The largest absolute Gasteiger partial charge is 0.264 e. The highest BCUT2D eigenvalue weighted by Crippen LogP contribution is 2.33. The SMILES string of the molecule is Ic1ccc2cnn(CC3CCCc4ccccc43)c2c1. The van der Waals surface area contributed by atoms with Crippen LogP contribution in [0.2, 0.25) is 0 Å². The molecule has 0 aliphatic heterocycles. The molecule has 0 saturated heterocycles. The van der Waals surface area contributed by atoms with Crippen LogP contribution in [0.25, 0.3) is 10.9 Å². The van der Waals surface area contributed by atoms with Gasteiger partial charge in [0.15, 0.2) is 0 Å². The number of aromatic nitrogens is 2. The average molecular weight is 388 g/mol. The zero-order chi connectivity index (χ0) is 14.2. The number of aryl methyl sites for hydroxylation is 1. The maximum absolute atomic E-state index is 4.62. The number of benzene rings is 2. The predicted molar refractivity (Wildman–Crippen MR) is 94.6 cm³/mol. The molecule has 1 heterocycles. The van der Waals surface area contributed by atoms with Gasteiger partial charge in [0.05, 0.1) is 11.7 Å². The third kappa shape index (κ3) is 2.48. The Bertz CT molecular complexity index is 791. The highest BCUT2D eigenvalue weighted by atomic mass is 127. The van der Waals surface area contributed by atoms with Crippen LogP contribution >= 0.6 is 22.6 Å². The molecule has 0 spiro atoms. The zero-order valence-electron chi connectivity index (χ0n) is 11.8. The van der Waals surface area contributed by atoms with Crippen molar-refractivity contribution in [3.8, 4) is 0 Å². The Labute approximate surface area is 138 Å². The Morgan fingerprint density at radius 1 is 1.19 bits per heavy atom. The lowest BCUT2D eigenvalue weighted by Crippen LogP contribution is -2.16. The number of nitrogens with zero attached hydrogens (tertiary/aromatic N) is 2. The summed E-state index contributed by atoms with van der Waals surface area (Å²) in [5.41, 5.74) is 4.31. The van der Waals surface area contributed by atoms with Gasteiger partial charge < -0.3 is 0 Å². The van der Waals surface area contributed by atoms with Crippen molar-refractivity contribution >= 4 is 33.5 Å². The summed E-state index contributed by atoms with van der Waals surface area (Å²) in [5, 5.41) is 5.85. The van der Waals surface area contributed by atoms with Crippen LogP contribution in [-0.4, -0.2) is 9.78 Å². The second kappa shape index (κ2) is 5.44. The molecule has 1 unspecified atom stereocenters. The molecule has 1 atom stereocenters. The lowest BCUT2D eigenvalue weighted by molar-refractivity contribution is 0.465. The highest BCUT2D eigenvalue weighted by Gasteiger charge is 2.21. The monoisotopic (exact) mass is 388 g/mol. The molecule has 2 aromatic carbocycles. The van der Waals surface area contributed by atoms with Gasteiger partial charge in [0, 0.05) is 21.4 Å². The lowest BCUT2D eigenvalue weighted by Gasteiger charge is -2.25. The van der Waals surface area contributed by atoms with E-state index >= 15 is 0 Å². The summed E-state index contributed by atoms with van der Waals surface area (Å²) >= 11 is 2.37. The van der Waals surface area contributed by atoms with E-state index in [1.54, 1.807) is 0 Å². The van der Waals surface area contributed by atoms with Crippen LogP contribution in [-0.2, 0) is 13.0 Å². The summed E-state index contributed by atoms with van der Waals surface area (Å²) in [6.45, 7) is 0.987. The fourth-order valence-corrected chi connectivity index (χ4v) is 3.92. The summed E-state index contributed by atoms with van der Waals surface area (Å²) in [6, 6.07) is 15.5. The molecule has 0 N–H and O–H groups in total. The Morgan fingerprint density at radius 3 is 3.05 bits per heavy atom. The normalized spacial score (nSPS) is 17.9. The maximum Gasteiger partial charge on any atom is 0.0693 e. The quantitative estimate of drug-likeness (QED) is 0.579. The molecule has 106 valence electrons. The van der Waals surface area contributed by atoms with E-state index < -0.39 is 0 Å². The molecule has 0 saturated carbocycles. The minimum Gasteiger partial charge on any atom is -0.264 e. The number of hydrogen-bond acceptors (Lipinski definition) is 1. The molecule has 1 aromatic heterocycles. The third-order valence-corrected chi connectivity index (χ3v) is 5.16. The Hall–Kier alpha value is -1.36. The summed E-state index contributed by atoms with van der Waals surface area (Å²) < 4.78 is 3.45. The molecule has 21 heavy (non-hydrogen) atoms. The fraction of sp³-hybridized carbons (Fsp3) is 0.278. The Morgan fingerprint density at radius 2 is 2.10 bits per heavy atom. The first-order chi connectivity index (χ1) is 10.3. The topological polar surface area (TPSA) is 17.8 Å². The minimum atomic E-state index is 0.593. The van der Waals surface area contributed by atoms with Crippen LogP contribution in [0, 0.1) is 3.57 Å². The smallest absolute Gasteiger partial charge is 0.0693 e. The van der Waals surface area contributed by atoms with E-state index in [1.807, 2.05) is 6.20 Å². The third-order valence-electron chi connectivity index (χ3n) is 4.49. The van der Waals surface area contributed by atoms with Gasteiger partial charge in [-0.25, -0.2) is 0 Å². The Kier molecular flexibility index (Phi) is 3.45. The average Bonchev–Trinajstić information content (AvgIpc) is 2.90. The van der Waals surface area contributed by atoms with Crippen molar-refractivity contribution in [1.82, 2.24) is 9.78 Å². The van der Waals surface area contributed by atoms with Crippen LogP contribution in [0.15, 0.2) is 48.7 Å². The predicted octanol–water partition coefficient (Wildman–Crippen LogP) is 4.76. The second-order valence-electron chi connectivity index (χ2n) is 5.82. The molecule has 0 fully saturated rings. The molecule has 2 nitrogen and oxygen atoms in total. The summed E-state index contributed by atoms with van der Waals surface area (Å²) in [4.78, 5) is 0. The molecule has 1 aliphatic carbocycles. The van der Waals surface area contributed by atoms with Crippen molar-refractivity contribution < 1.29 is 0 Å². The number of hydrogen-bond donors (Lipinski definition) is 0. The Balaban J connectivity index is 1.71. The van der Waals surface area contributed by atoms with E-state index in [-0.39, 0.29) is 0 Å². The second-order valence-corrected chi connectivity index (χ2v) is 7.06. The molecule has 3 heteroatoms. The summed E-state index contributed by atoms with van der Waals surface area (Å²) in [6.07, 6.45) is 5.77. The highest BCUT2D eigenvalue weighted by molar-refractivity contribution is 14.1. The molecular formula is C18H17IN2. The first-order valence-corrected chi connectivity index (χ1v) is 8.58. The first-order valence-electron chi connectivity index (χ1n) is 7.50. The molecule has 0 amide bonds. The molecular weight excluding hydrogens is 371 g/mol. The van der Waals surface area contributed by atoms with Crippen molar-refractivity contribution in [2.45, 2.75) is 31.7 Å². The number of fused-ring (bicyclic) bond motifs is 2. The van der Waals surface area contributed by atoms with Gasteiger partial charge in [0.1, 0.15) is 0 Å². The lowest BCUT2D eigenvalue weighted by atomic mass is 9.83. The van der Waals surface area contributed by atoms with E-state index in [0.717, 1.165) is 6.54 Å². The summed E-state index contributed by atoms with van der Waals surface area (Å²) in [5.74, 6) is 0.593. The van der Waals surface area contributed by atoms with Crippen molar-refractivity contribution in [3.05, 3.63) is 63.4 Å². The van der Waals surface area contributed by atoms with Gasteiger partial charge in [-0.2, -0.15) is 5.10 Å². The van der Waals surface area contributed by atoms with Crippen LogP contribution in [0.5, 0.6) is 0 Å². The first kappa shape index (κ1) is 13.3. The molecule has 4 rings (SSSR count). The zero-order valence-corrected chi connectivity index (χ0v) is 14.0. The molecule has 0 radical (unpaired) electrons. The van der Waals surface area contributed by atoms with Gasteiger partial charge >= 0.3 is 0 Å². The van der Waals surface area contributed by atoms with Gasteiger partial charge in [-0.15, -0.1) is 0 Å². The van der Waals surface area contributed by atoms with Gasteiger partial charge in [-0.3, -0.25) is 4.68 Å². The van der Waals surface area contributed by atoms with E-state index in [9.17, 15) is 0 Å². The van der Waals surface area contributed by atoms with Gasteiger partial charge in [0.2, 0.25) is 0 Å². The van der Waals surface area contributed by atoms with Crippen LogP contribution in [0.4, 0.5) is 0 Å². The van der Waals surface area contributed by atoms with Crippen molar-refractivity contribution in [2.75, 3.05) is 0 Å². The fourth-order valence-electron chi connectivity index (χ4n) is 3.44. The summed E-state index contributed by atoms with van der Waals surface area (Å²) in [7, 11) is 0. The van der Waals surface area contributed by atoms with Gasteiger partial charge in [0.25, 0.3) is 0 Å². The van der Waals surface area contributed by atoms with Crippen LogP contribution in [0.1, 0.15) is 29.9 Å². The van der Waals surface area contributed by atoms with E-state index in [4.69, 9.17) is 0 Å². The minimum absolute atomic E-state index is 0.593. The van der Waals surface area contributed by atoms with Crippen LogP contribution < -0.4 is 0 Å². The maximum atomic E-state index is 4.62. The molecule has 0 bridgehead atoms. The molecule has 3 aromatic rings. The van der Waals surface area contributed by atoms with Gasteiger partial charge in [-0.1, -0.05) is 30.3 Å².